The van der Waals surface area contributed by atoms with Crippen LogP contribution < -0.4 is 5.32 Å². The normalized spacial score (nSPS) is 19.9. The van der Waals surface area contributed by atoms with E-state index in [2.05, 4.69) is 10.4 Å². The molecular formula is C14H17N3O3. The van der Waals surface area contributed by atoms with E-state index < -0.39 is 0 Å². The number of rotatable bonds is 5. The van der Waals surface area contributed by atoms with Gasteiger partial charge in [-0.25, -0.2) is 0 Å². The van der Waals surface area contributed by atoms with Gasteiger partial charge < -0.3 is 14.5 Å². The molecule has 2 aromatic heterocycles. The van der Waals surface area contributed by atoms with Gasteiger partial charge in [-0.05, 0) is 24.6 Å². The van der Waals surface area contributed by atoms with Gasteiger partial charge in [0.2, 0.25) is 5.91 Å². The quantitative estimate of drug-likeness (QED) is 0.890. The van der Waals surface area contributed by atoms with Crippen molar-refractivity contribution >= 4 is 5.91 Å². The molecule has 1 amide bonds. The van der Waals surface area contributed by atoms with Gasteiger partial charge >= 0.3 is 0 Å². The van der Waals surface area contributed by atoms with Crippen molar-refractivity contribution in [2.45, 2.75) is 12.5 Å². The molecule has 1 saturated heterocycles. The summed E-state index contributed by atoms with van der Waals surface area (Å²) in [5, 5.41) is 7.19. The number of furan rings is 1. The summed E-state index contributed by atoms with van der Waals surface area (Å²) < 4.78 is 12.5. The first kappa shape index (κ1) is 12.9. The summed E-state index contributed by atoms with van der Waals surface area (Å²) >= 11 is 0. The molecule has 0 radical (unpaired) electrons. The zero-order valence-electron chi connectivity index (χ0n) is 11.1. The van der Waals surface area contributed by atoms with Crippen LogP contribution in [0.1, 0.15) is 18.2 Å². The molecule has 1 aliphatic rings. The van der Waals surface area contributed by atoms with Crippen molar-refractivity contribution in [3.63, 3.8) is 0 Å². The van der Waals surface area contributed by atoms with E-state index in [4.69, 9.17) is 9.15 Å². The maximum Gasteiger partial charge on any atom is 0.225 e. The Bertz CT molecular complexity index is 496. The van der Waals surface area contributed by atoms with E-state index in [1.54, 1.807) is 17.1 Å². The summed E-state index contributed by atoms with van der Waals surface area (Å²) in [6.07, 6.45) is 5.98. The Morgan fingerprint density at radius 3 is 3.15 bits per heavy atom. The minimum atomic E-state index is -0.133. The van der Waals surface area contributed by atoms with Crippen molar-refractivity contribution in [3.05, 3.63) is 42.6 Å². The molecule has 0 aliphatic carbocycles. The Morgan fingerprint density at radius 2 is 2.50 bits per heavy atom. The minimum Gasteiger partial charge on any atom is -0.467 e. The first-order chi connectivity index (χ1) is 9.84. The van der Waals surface area contributed by atoms with Gasteiger partial charge in [0.25, 0.3) is 0 Å². The van der Waals surface area contributed by atoms with Crippen LogP contribution in [0, 0.1) is 5.92 Å². The Morgan fingerprint density at radius 1 is 1.55 bits per heavy atom. The van der Waals surface area contributed by atoms with Crippen molar-refractivity contribution in [2.75, 3.05) is 19.8 Å². The van der Waals surface area contributed by atoms with Crippen LogP contribution in [0.15, 0.2) is 41.3 Å². The molecule has 1 N–H and O–H groups in total. The second kappa shape index (κ2) is 5.92. The van der Waals surface area contributed by atoms with Gasteiger partial charge in [0.15, 0.2) is 0 Å². The molecule has 0 unspecified atom stereocenters. The molecule has 2 atom stereocenters. The molecule has 0 saturated carbocycles. The minimum absolute atomic E-state index is 0.0335. The zero-order chi connectivity index (χ0) is 13.8. The van der Waals surface area contributed by atoms with Gasteiger partial charge in [-0.15, -0.1) is 0 Å². The zero-order valence-corrected chi connectivity index (χ0v) is 11.1. The summed E-state index contributed by atoms with van der Waals surface area (Å²) in [4.78, 5) is 12.0. The third-order valence-corrected chi connectivity index (χ3v) is 3.49. The molecule has 6 heteroatoms. The topological polar surface area (TPSA) is 69.3 Å². The predicted molar refractivity (Wildman–Crippen MR) is 71.0 cm³/mol. The molecule has 106 valence electrons. The maximum absolute atomic E-state index is 12.0. The highest BCUT2D eigenvalue weighted by molar-refractivity contribution is 5.79. The number of aromatic nitrogens is 2. The SMILES string of the molecule is O=C(NC[C@H](c1ccco1)n1cccn1)[C@@H]1CCOC1. The van der Waals surface area contributed by atoms with Crippen molar-refractivity contribution in [1.29, 1.82) is 0 Å². The number of hydrogen-bond donors (Lipinski definition) is 1. The molecular weight excluding hydrogens is 258 g/mol. The van der Waals surface area contributed by atoms with Crippen molar-refractivity contribution in [2.24, 2.45) is 5.92 Å². The first-order valence-corrected chi connectivity index (χ1v) is 6.72. The summed E-state index contributed by atoms with van der Waals surface area (Å²) in [7, 11) is 0. The van der Waals surface area contributed by atoms with Crippen LogP contribution in [0.4, 0.5) is 0 Å². The van der Waals surface area contributed by atoms with E-state index in [0.29, 0.717) is 19.8 Å². The van der Waals surface area contributed by atoms with Crippen LogP contribution in [0.2, 0.25) is 0 Å². The smallest absolute Gasteiger partial charge is 0.225 e. The highest BCUT2D eigenvalue weighted by Crippen LogP contribution is 2.18. The second-order valence-corrected chi connectivity index (χ2v) is 4.82. The maximum atomic E-state index is 12.0. The molecule has 3 rings (SSSR count). The second-order valence-electron chi connectivity index (χ2n) is 4.82. The van der Waals surface area contributed by atoms with Crippen LogP contribution in [0.3, 0.4) is 0 Å². The molecule has 20 heavy (non-hydrogen) atoms. The van der Waals surface area contributed by atoms with Gasteiger partial charge in [0, 0.05) is 25.5 Å². The van der Waals surface area contributed by atoms with E-state index in [1.807, 2.05) is 24.4 Å². The summed E-state index contributed by atoms with van der Waals surface area (Å²) in [5.41, 5.74) is 0. The highest BCUT2D eigenvalue weighted by atomic mass is 16.5. The average Bonchev–Trinajstić information content (AvgIpc) is 3.22. The molecule has 0 aromatic carbocycles. The largest absolute Gasteiger partial charge is 0.467 e. The van der Waals surface area contributed by atoms with E-state index in [-0.39, 0.29) is 17.9 Å². The van der Waals surface area contributed by atoms with E-state index >= 15 is 0 Å². The highest BCUT2D eigenvalue weighted by Gasteiger charge is 2.25. The van der Waals surface area contributed by atoms with Crippen LogP contribution in [0.5, 0.6) is 0 Å². The number of nitrogens with zero attached hydrogens (tertiary/aromatic N) is 2. The van der Waals surface area contributed by atoms with E-state index in [0.717, 1.165) is 12.2 Å². The fourth-order valence-electron chi connectivity index (χ4n) is 2.35. The molecule has 0 bridgehead atoms. The lowest BCUT2D eigenvalue weighted by Gasteiger charge is -2.17. The number of carbonyl (C=O) groups excluding carboxylic acids is 1. The third kappa shape index (κ3) is 2.75. The Hall–Kier alpha value is -2.08. The number of nitrogens with one attached hydrogen (secondary N) is 1. The summed E-state index contributed by atoms with van der Waals surface area (Å²) in [6.45, 7) is 1.63. The lowest BCUT2D eigenvalue weighted by atomic mass is 10.1. The van der Waals surface area contributed by atoms with Gasteiger partial charge in [0.1, 0.15) is 11.8 Å². The Balaban J connectivity index is 1.66. The van der Waals surface area contributed by atoms with E-state index in [1.165, 1.54) is 0 Å². The summed E-state index contributed by atoms with van der Waals surface area (Å²) in [5.74, 6) is 0.771. The number of hydrogen-bond acceptors (Lipinski definition) is 4. The Kier molecular flexibility index (Phi) is 3.83. The molecule has 1 aliphatic heterocycles. The van der Waals surface area contributed by atoms with Crippen molar-refractivity contribution in [1.82, 2.24) is 15.1 Å². The first-order valence-electron chi connectivity index (χ1n) is 6.72. The van der Waals surface area contributed by atoms with Crippen molar-refractivity contribution in [3.8, 4) is 0 Å². The number of ether oxygens (including phenoxy) is 1. The lowest BCUT2D eigenvalue weighted by Crippen LogP contribution is -2.35. The molecule has 1 fully saturated rings. The standard InChI is InChI=1S/C14H17N3O3/c18-14(11-4-8-19-10-11)15-9-12(13-3-1-7-20-13)17-6-2-5-16-17/h1-3,5-7,11-12H,4,8-10H2,(H,15,18)/t11-,12-/m1/s1. The number of carbonyl (C=O) groups is 1. The molecule has 6 nitrogen and oxygen atoms in total. The van der Waals surface area contributed by atoms with Crippen molar-refractivity contribution < 1.29 is 13.9 Å². The monoisotopic (exact) mass is 275 g/mol. The lowest BCUT2D eigenvalue weighted by molar-refractivity contribution is -0.125. The van der Waals surface area contributed by atoms with Gasteiger partial charge in [-0.2, -0.15) is 5.10 Å². The fraction of sp³-hybridized carbons (Fsp3) is 0.429. The van der Waals surface area contributed by atoms with Crippen LogP contribution >= 0.6 is 0 Å². The molecule has 0 spiro atoms. The van der Waals surface area contributed by atoms with Crippen LogP contribution in [0.25, 0.3) is 0 Å². The average molecular weight is 275 g/mol. The van der Waals surface area contributed by atoms with Crippen LogP contribution in [-0.2, 0) is 9.53 Å². The molecule has 2 aromatic rings. The fourth-order valence-corrected chi connectivity index (χ4v) is 2.35. The number of amides is 1. The third-order valence-electron chi connectivity index (χ3n) is 3.49. The van der Waals surface area contributed by atoms with E-state index in [9.17, 15) is 4.79 Å². The van der Waals surface area contributed by atoms with Gasteiger partial charge in [0.05, 0.1) is 18.8 Å². The van der Waals surface area contributed by atoms with Gasteiger partial charge in [-0.3, -0.25) is 9.48 Å². The Labute approximate surface area is 116 Å². The summed E-state index contributed by atoms with van der Waals surface area (Å²) in [6, 6.07) is 5.43. The van der Waals surface area contributed by atoms with Crippen LogP contribution in [-0.4, -0.2) is 35.4 Å². The molecule has 3 heterocycles. The van der Waals surface area contributed by atoms with Gasteiger partial charge in [-0.1, -0.05) is 0 Å². The predicted octanol–water partition coefficient (Wildman–Crippen LogP) is 1.22.